The fraction of sp³-hybridized carbons (Fsp3) is 0.500. The fourth-order valence-corrected chi connectivity index (χ4v) is 2.08. The van der Waals surface area contributed by atoms with Crippen molar-refractivity contribution in [2.75, 3.05) is 19.7 Å². The number of aliphatic hydroxyl groups is 1. The summed E-state index contributed by atoms with van der Waals surface area (Å²) in [5.74, 6) is 0.690. The van der Waals surface area contributed by atoms with Crippen LogP contribution in [-0.4, -0.2) is 41.7 Å². The topological polar surface area (TPSA) is 49.8 Å². The summed E-state index contributed by atoms with van der Waals surface area (Å²) in [5, 5.41) is 9.38. The van der Waals surface area contributed by atoms with Gasteiger partial charge in [0, 0.05) is 13.1 Å². The number of amides is 1. The number of β-amino-alcohol motifs (C(OH)–C–C–N with tert-alkyl or cyclic N) is 1. The van der Waals surface area contributed by atoms with Gasteiger partial charge in [0.1, 0.15) is 5.75 Å². The maximum atomic E-state index is 11.9. The second-order valence-corrected chi connectivity index (χ2v) is 4.77. The minimum absolute atomic E-state index is 0.0387. The molecule has 18 heavy (non-hydrogen) atoms. The van der Waals surface area contributed by atoms with Crippen molar-refractivity contribution in [1.82, 2.24) is 4.90 Å². The number of nitrogens with zero attached hydrogens (tertiary/aromatic N) is 1. The number of hydrogen-bond acceptors (Lipinski definition) is 3. The predicted molar refractivity (Wildman–Crippen MR) is 68.6 cm³/mol. The number of rotatable bonds is 3. The number of benzene rings is 1. The van der Waals surface area contributed by atoms with Crippen LogP contribution < -0.4 is 4.74 Å². The molecule has 1 aliphatic rings. The van der Waals surface area contributed by atoms with E-state index in [-0.39, 0.29) is 18.6 Å². The summed E-state index contributed by atoms with van der Waals surface area (Å²) < 4.78 is 5.55. The standard InChI is InChI=1S/C14H19NO3/c1-10-4-3-5-13(11(10)2)18-9-14(17)15-7-6-12(16)8-15/h3-5,12,16H,6-9H2,1-2H3/t12-/m1/s1. The maximum absolute atomic E-state index is 11.9. The van der Waals surface area contributed by atoms with E-state index in [9.17, 15) is 9.90 Å². The summed E-state index contributed by atoms with van der Waals surface area (Å²) in [5.41, 5.74) is 2.21. The Kier molecular flexibility index (Phi) is 3.87. The first-order valence-electron chi connectivity index (χ1n) is 6.23. The number of likely N-dealkylation sites (tertiary alicyclic amines) is 1. The van der Waals surface area contributed by atoms with Crippen LogP contribution in [0.5, 0.6) is 5.75 Å². The molecule has 1 fully saturated rings. The lowest BCUT2D eigenvalue weighted by molar-refractivity contribution is -0.132. The van der Waals surface area contributed by atoms with Crippen molar-refractivity contribution < 1.29 is 14.6 Å². The number of ether oxygens (including phenoxy) is 1. The van der Waals surface area contributed by atoms with Gasteiger partial charge in [-0.1, -0.05) is 12.1 Å². The highest BCUT2D eigenvalue weighted by atomic mass is 16.5. The zero-order chi connectivity index (χ0) is 13.1. The molecule has 1 atom stereocenters. The highest BCUT2D eigenvalue weighted by Gasteiger charge is 2.24. The predicted octanol–water partition coefficient (Wildman–Crippen LogP) is 1.28. The molecule has 1 heterocycles. The van der Waals surface area contributed by atoms with Crippen molar-refractivity contribution in [3.05, 3.63) is 29.3 Å². The quantitative estimate of drug-likeness (QED) is 0.877. The lowest BCUT2D eigenvalue weighted by Gasteiger charge is -2.16. The number of carbonyl (C=O) groups excluding carboxylic acids is 1. The average Bonchev–Trinajstić information content (AvgIpc) is 2.77. The Morgan fingerprint density at radius 2 is 2.28 bits per heavy atom. The molecule has 4 heteroatoms. The number of hydrogen-bond donors (Lipinski definition) is 1. The third-order valence-electron chi connectivity index (χ3n) is 3.42. The van der Waals surface area contributed by atoms with Gasteiger partial charge in [-0.25, -0.2) is 0 Å². The third kappa shape index (κ3) is 2.82. The summed E-state index contributed by atoms with van der Waals surface area (Å²) in [6.07, 6.45) is 0.282. The van der Waals surface area contributed by atoms with Crippen LogP contribution in [0.3, 0.4) is 0 Å². The van der Waals surface area contributed by atoms with Crippen LogP contribution in [0.25, 0.3) is 0 Å². The minimum atomic E-state index is -0.380. The zero-order valence-corrected chi connectivity index (χ0v) is 10.8. The van der Waals surface area contributed by atoms with E-state index in [1.165, 1.54) is 0 Å². The van der Waals surface area contributed by atoms with Crippen molar-refractivity contribution in [2.24, 2.45) is 0 Å². The second-order valence-electron chi connectivity index (χ2n) is 4.77. The van der Waals surface area contributed by atoms with Crippen molar-refractivity contribution in [3.63, 3.8) is 0 Å². The van der Waals surface area contributed by atoms with Gasteiger partial charge in [0.25, 0.3) is 5.91 Å². The summed E-state index contributed by atoms with van der Waals surface area (Å²) in [6, 6.07) is 5.80. The van der Waals surface area contributed by atoms with E-state index in [0.29, 0.717) is 19.5 Å². The van der Waals surface area contributed by atoms with Crippen LogP contribution in [0.2, 0.25) is 0 Å². The first-order valence-corrected chi connectivity index (χ1v) is 6.23. The highest BCUT2D eigenvalue weighted by Crippen LogP contribution is 2.20. The van der Waals surface area contributed by atoms with Gasteiger partial charge in [-0.3, -0.25) is 4.79 Å². The highest BCUT2D eigenvalue weighted by molar-refractivity contribution is 5.78. The smallest absolute Gasteiger partial charge is 0.260 e. The van der Waals surface area contributed by atoms with Crippen molar-refractivity contribution >= 4 is 5.91 Å². The van der Waals surface area contributed by atoms with Crippen LogP contribution >= 0.6 is 0 Å². The van der Waals surface area contributed by atoms with Gasteiger partial charge in [0.2, 0.25) is 0 Å². The molecule has 0 radical (unpaired) electrons. The van der Waals surface area contributed by atoms with Crippen molar-refractivity contribution in [1.29, 1.82) is 0 Å². The lowest BCUT2D eigenvalue weighted by atomic mass is 10.1. The first-order chi connectivity index (χ1) is 8.58. The van der Waals surface area contributed by atoms with Crippen LogP contribution in [0.15, 0.2) is 18.2 Å². The van der Waals surface area contributed by atoms with Crippen molar-refractivity contribution in [3.8, 4) is 5.75 Å². The monoisotopic (exact) mass is 249 g/mol. The van der Waals surface area contributed by atoms with Gasteiger partial charge < -0.3 is 14.7 Å². The summed E-state index contributed by atoms with van der Waals surface area (Å²) >= 11 is 0. The molecule has 1 amide bonds. The van der Waals surface area contributed by atoms with E-state index in [1.54, 1.807) is 4.90 Å². The molecule has 4 nitrogen and oxygen atoms in total. The van der Waals surface area contributed by atoms with Gasteiger partial charge in [-0.2, -0.15) is 0 Å². The molecule has 0 aromatic heterocycles. The molecule has 1 aromatic carbocycles. The van der Waals surface area contributed by atoms with Gasteiger partial charge in [0.05, 0.1) is 6.10 Å². The molecule has 1 N–H and O–H groups in total. The zero-order valence-electron chi connectivity index (χ0n) is 10.8. The molecule has 2 rings (SSSR count). The maximum Gasteiger partial charge on any atom is 0.260 e. The first kappa shape index (κ1) is 12.9. The van der Waals surface area contributed by atoms with E-state index >= 15 is 0 Å². The summed E-state index contributed by atoms with van der Waals surface area (Å²) in [7, 11) is 0. The fourth-order valence-electron chi connectivity index (χ4n) is 2.08. The van der Waals surface area contributed by atoms with Crippen molar-refractivity contribution in [2.45, 2.75) is 26.4 Å². The Morgan fingerprint density at radius 1 is 1.50 bits per heavy atom. The molecule has 0 spiro atoms. The van der Waals surface area contributed by atoms with Gasteiger partial charge in [0.15, 0.2) is 6.61 Å². The lowest BCUT2D eigenvalue weighted by Crippen LogP contribution is -2.33. The van der Waals surface area contributed by atoms with E-state index in [0.717, 1.165) is 16.9 Å². The SMILES string of the molecule is Cc1cccc(OCC(=O)N2CC[C@@H](O)C2)c1C. The molecular formula is C14H19NO3. The third-order valence-corrected chi connectivity index (χ3v) is 3.42. The molecule has 1 aliphatic heterocycles. The van der Waals surface area contributed by atoms with Crippen LogP contribution in [-0.2, 0) is 4.79 Å². The van der Waals surface area contributed by atoms with Gasteiger partial charge in [-0.05, 0) is 37.5 Å². The average molecular weight is 249 g/mol. The Balaban J connectivity index is 1.91. The second kappa shape index (κ2) is 5.40. The molecule has 0 saturated carbocycles. The molecule has 0 unspecified atom stereocenters. The molecule has 98 valence electrons. The number of aliphatic hydroxyl groups excluding tert-OH is 1. The van der Waals surface area contributed by atoms with Gasteiger partial charge >= 0.3 is 0 Å². The molecule has 1 aromatic rings. The van der Waals surface area contributed by atoms with E-state index in [4.69, 9.17) is 4.74 Å². The molecule has 0 aliphatic carbocycles. The van der Waals surface area contributed by atoms with Crippen LogP contribution in [0.4, 0.5) is 0 Å². The molecule has 0 bridgehead atoms. The Morgan fingerprint density at radius 3 is 2.94 bits per heavy atom. The minimum Gasteiger partial charge on any atom is -0.483 e. The Labute approximate surface area is 107 Å². The van der Waals surface area contributed by atoms with Crippen LogP contribution in [0.1, 0.15) is 17.5 Å². The normalized spacial score (nSPS) is 19.1. The number of carbonyl (C=O) groups is 1. The van der Waals surface area contributed by atoms with Crippen LogP contribution in [0, 0.1) is 13.8 Å². The molecule has 1 saturated heterocycles. The summed E-state index contributed by atoms with van der Waals surface area (Å²) in [6.45, 7) is 5.08. The summed E-state index contributed by atoms with van der Waals surface area (Å²) in [4.78, 5) is 13.5. The van der Waals surface area contributed by atoms with E-state index < -0.39 is 0 Å². The Bertz CT molecular complexity index is 445. The molecular weight excluding hydrogens is 230 g/mol. The Hall–Kier alpha value is -1.55. The van der Waals surface area contributed by atoms with Gasteiger partial charge in [-0.15, -0.1) is 0 Å². The largest absolute Gasteiger partial charge is 0.483 e. The van der Waals surface area contributed by atoms with E-state index in [1.807, 2.05) is 32.0 Å². The number of aryl methyl sites for hydroxylation is 1. The van der Waals surface area contributed by atoms with E-state index in [2.05, 4.69) is 0 Å².